The number of thiophene rings is 1. The van der Waals surface area contributed by atoms with E-state index in [1.165, 1.54) is 29.5 Å². The third-order valence-corrected chi connectivity index (χ3v) is 6.01. The number of hydrogen-bond acceptors (Lipinski definition) is 5. The fourth-order valence-corrected chi connectivity index (χ4v) is 4.78. The van der Waals surface area contributed by atoms with Crippen molar-refractivity contribution in [2.75, 3.05) is 27.2 Å². The average Bonchev–Trinajstić information content (AvgIpc) is 3.31. The van der Waals surface area contributed by atoms with Crippen LogP contribution >= 0.6 is 11.3 Å². The van der Waals surface area contributed by atoms with Crippen LogP contribution < -0.4 is 0 Å². The highest BCUT2D eigenvalue weighted by Crippen LogP contribution is 2.39. The fourth-order valence-electron chi connectivity index (χ4n) is 3.57. The first kappa shape index (κ1) is 18.5. The first-order valence-corrected chi connectivity index (χ1v) is 9.77. The standard InChI is InChI=1S/C20H19FN4O2S/c1-24(2)20(27)17-15(16-18(28-17)23-8-7-22-16)13-6-9-25(11-13)19(26)12-4-3-5-14(21)10-12/h3-5,7-8,10,13H,6,9,11H2,1-2H3/t13-/m1/s1. The van der Waals surface area contributed by atoms with Crippen LogP contribution in [0, 0.1) is 5.82 Å². The molecule has 1 fully saturated rings. The molecule has 3 aromatic rings. The maximum atomic E-state index is 13.5. The van der Waals surface area contributed by atoms with Crippen molar-refractivity contribution < 1.29 is 14.0 Å². The van der Waals surface area contributed by atoms with Crippen molar-refractivity contribution in [2.24, 2.45) is 0 Å². The van der Waals surface area contributed by atoms with Crippen LogP contribution in [0.1, 0.15) is 37.9 Å². The monoisotopic (exact) mass is 398 g/mol. The van der Waals surface area contributed by atoms with E-state index in [-0.39, 0.29) is 17.7 Å². The third-order valence-electron chi connectivity index (χ3n) is 4.92. The minimum Gasteiger partial charge on any atom is -0.344 e. The van der Waals surface area contributed by atoms with E-state index >= 15 is 0 Å². The summed E-state index contributed by atoms with van der Waals surface area (Å²) >= 11 is 1.34. The Balaban J connectivity index is 1.67. The Morgan fingerprint density at radius 3 is 2.79 bits per heavy atom. The number of carbonyl (C=O) groups excluding carboxylic acids is 2. The van der Waals surface area contributed by atoms with Gasteiger partial charge in [-0.2, -0.15) is 0 Å². The molecule has 8 heteroatoms. The van der Waals surface area contributed by atoms with Crippen molar-refractivity contribution in [3.05, 3.63) is 58.5 Å². The Morgan fingerprint density at radius 2 is 2.04 bits per heavy atom. The van der Waals surface area contributed by atoms with Gasteiger partial charge in [0.1, 0.15) is 16.2 Å². The van der Waals surface area contributed by atoms with Crippen LogP contribution in [0.5, 0.6) is 0 Å². The zero-order valence-electron chi connectivity index (χ0n) is 15.6. The summed E-state index contributed by atoms with van der Waals surface area (Å²) in [6, 6.07) is 5.72. The molecule has 2 aromatic heterocycles. The molecule has 6 nitrogen and oxygen atoms in total. The highest BCUT2D eigenvalue weighted by Gasteiger charge is 2.34. The highest BCUT2D eigenvalue weighted by atomic mass is 32.1. The van der Waals surface area contributed by atoms with Crippen molar-refractivity contribution in [1.29, 1.82) is 0 Å². The van der Waals surface area contributed by atoms with Crippen LogP contribution in [0.2, 0.25) is 0 Å². The Morgan fingerprint density at radius 1 is 1.25 bits per heavy atom. The van der Waals surface area contributed by atoms with Crippen molar-refractivity contribution >= 4 is 33.5 Å². The molecule has 1 aromatic carbocycles. The van der Waals surface area contributed by atoms with E-state index in [0.717, 1.165) is 22.3 Å². The van der Waals surface area contributed by atoms with Crippen LogP contribution in [0.25, 0.3) is 10.3 Å². The molecule has 0 radical (unpaired) electrons. The van der Waals surface area contributed by atoms with Gasteiger partial charge >= 0.3 is 0 Å². The Hall–Kier alpha value is -2.87. The zero-order valence-corrected chi connectivity index (χ0v) is 16.4. The minimum atomic E-state index is -0.431. The number of aromatic nitrogens is 2. The Labute approximate surface area is 165 Å². The second-order valence-corrected chi connectivity index (χ2v) is 8.00. The molecule has 1 aliphatic rings. The molecule has 3 heterocycles. The van der Waals surface area contributed by atoms with Crippen molar-refractivity contribution in [3.63, 3.8) is 0 Å². The summed E-state index contributed by atoms with van der Waals surface area (Å²) < 4.78 is 13.5. The molecule has 0 bridgehead atoms. The van der Waals surface area contributed by atoms with Crippen LogP contribution in [0.15, 0.2) is 36.7 Å². The van der Waals surface area contributed by atoms with Gasteiger partial charge in [0.25, 0.3) is 11.8 Å². The Bertz CT molecular complexity index is 1070. The van der Waals surface area contributed by atoms with Crippen molar-refractivity contribution in [1.82, 2.24) is 19.8 Å². The second kappa shape index (κ2) is 7.27. The summed E-state index contributed by atoms with van der Waals surface area (Å²) in [5.41, 5.74) is 1.92. The molecule has 1 aliphatic heterocycles. The lowest BCUT2D eigenvalue weighted by Crippen LogP contribution is -2.29. The molecule has 144 valence electrons. The number of hydrogen-bond donors (Lipinski definition) is 0. The quantitative estimate of drug-likeness (QED) is 0.680. The van der Waals surface area contributed by atoms with E-state index in [1.807, 2.05) is 0 Å². The predicted molar refractivity (Wildman–Crippen MR) is 105 cm³/mol. The molecule has 0 saturated carbocycles. The molecule has 1 atom stereocenters. The summed E-state index contributed by atoms with van der Waals surface area (Å²) in [7, 11) is 3.43. The van der Waals surface area contributed by atoms with E-state index in [2.05, 4.69) is 9.97 Å². The van der Waals surface area contributed by atoms with E-state index in [4.69, 9.17) is 0 Å². The summed E-state index contributed by atoms with van der Waals surface area (Å²) in [5, 5.41) is 0. The molecule has 0 unspecified atom stereocenters. The van der Waals surface area contributed by atoms with Crippen LogP contribution in [0.3, 0.4) is 0 Å². The summed E-state index contributed by atoms with van der Waals surface area (Å²) in [5.74, 6) is -0.732. The second-order valence-electron chi connectivity index (χ2n) is 7.00. The zero-order chi connectivity index (χ0) is 19.8. The van der Waals surface area contributed by atoms with Crippen LogP contribution in [-0.2, 0) is 0 Å². The molecule has 0 spiro atoms. The number of amides is 2. The topological polar surface area (TPSA) is 66.4 Å². The van der Waals surface area contributed by atoms with Gasteiger partial charge in [0.15, 0.2) is 0 Å². The van der Waals surface area contributed by atoms with E-state index in [9.17, 15) is 14.0 Å². The van der Waals surface area contributed by atoms with Crippen LogP contribution in [-0.4, -0.2) is 58.8 Å². The Kier molecular flexibility index (Phi) is 4.80. The molecule has 2 amide bonds. The number of carbonyl (C=O) groups is 2. The summed E-state index contributed by atoms with van der Waals surface area (Å²) in [4.78, 5) is 38.9. The van der Waals surface area contributed by atoms with Gasteiger partial charge < -0.3 is 9.80 Å². The SMILES string of the molecule is CN(C)C(=O)c1sc2nccnc2c1[C@@H]1CCN(C(=O)c2cccc(F)c2)C1. The molecule has 0 aliphatic carbocycles. The largest absolute Gasteiger partial charge is 0.344 e. The van der Waals surface area contributed by atoms with Gasteiger partial charge in [-0.3, -0.25) is 14.6 Å². The van der Waals surface area contributed by atoms with Crippen molar-refractivity contribution in [3.8, 4) is 0 Å². The smallest absolute Gasteiger partial charge is 0.263 e. The maximum absolute atomic E-state index is 13.5. The lowest BCUT2D eigenvalue weighted by atomic mass is 9.97. The molecular weight excluding hydrogens is 379 g/mol. The first-order valence-electron chi connectivity index (χ1n) is 8.95. The predicted octanol–water partition coefficient (Wildman–Crippen LogP) is 3.16. The lowest BCUT2D eigenvalue weighted by Gasteiger charge is -2.18. The van der Waals surface area contributed by atoms with Gasteiger partial charge in [0.2, 0.25) is 0 Å². The normalized spacial score (nSPS) is 16.5. The summed E-state index contributed by atoms with van der Waals surface area (Å²) in [6.45, 7) is 1.01. The maximum Gasteiger partial charge on any atom is 0.263 e. The van der Waals surface area contributed by atoms with Gasteiger partial charge in [-0.05, 0) is 24.6 Å². The van der Waals surface area contributed by atoms with Crippen LogP contribution in [0.4, 0.5) is 4.39 Å². The lowest BCUT2D eigenvalue weighted by molar-refractivity contribution is 0.0790. The number of rotatable bonds is 3. The summed E-state index contributed by atoms with van der Waals surface area (Å²) in [6.07, 6.45) is 3.95. The number of halogens is 1. The van der Waals surface area contributed by atoms with Gasteiger partial charge in [-0.25, -0.2) is 9.37 Å². The van der Waals surface area contributed by atoms with Gasteiger partial charge in [0, 0.05) is 56.6 Å². The van der Waals surface area contributed by atoms with E-state index in [0.29, 0.717) is 23.5 Å². The van der Waals surface area contributed by atoms with E-state index < -0.39 is 5.82 Å². The average molecular weight is 398 g/mol. The fraction of sp³-hybridized carbons (Fsp3) is 0.300. The molecule has 28 heavy (non-hydrogen) atoms. The number of fused-ring (bicyclic) bond motifs is 1. The third kappa shape index (κ3) is 3.24. The van der Waals surface area contributed by atoms with Gasteiger partial charge in [-0.1, -0.05) is 6.07 Å². The molecule has 1 saturated heterocycles. The first-order chi connectivity index (χ1) is 13.5. The van der Waals surface area contributed by atoms with Gasteiger partial charge in [0.05, 0.1) is 4.88 Å². The number of benzene rings is 1. The number of likely N-dealkylation sites (tertiary alicyclic amines) is 1. The van der Waals surface area contributed by atoms with Crippen molar-refractivity contribution in [2.45, 2.75) is 12.3 Å². The van der Waals surface area contributed by atoms with E-state index in [1.54, 1.807) is 42.4 Å². The molecule has 0 N–H and O–H groups in total. The highest BCUT2D eigenvalue weighted by molar-refractivity contribution is 7.20. The minimum absolute atomic E-state index is 0.0122. The molecule has 4 rings (SSSR count). The van der Waals surface area contributed by atoms with Gasteiger partial charge in [-0.15, -0.1) is 11.3 Å². The molecular formula is C20H19FN4O2S. The number of nitrogens with zero attached hydrogens (tertiary/aromatic N) is 4.